The van der Waals surface area contributed by atoms with Crippen LogP contribution in [0.4, 0.5) is 5.95 Å². The summed E-state index contributed by atoms with van der Waals surface area (Å²) in [6.07, 6.45) is 2.48. The Bertz CT molecular complexity index is 540. The van der Waals surface area contributed by atoms with E-state index in [4.69, 9.17) is 4.74 Å². The second-order valence-electron chi connectivity index (χ2n) is 6.11. The molecule has 2 aliphatic rings. The van der Waals surface area contributed by atoms with Crippen molar-refractivity contribution < 1.29 is 9.53 Å². The van der Waals surface area contributed by atoms with Crippen molar-refractivity contribution in [2.75, 3.05) is 37.0 Å². The molecule has 7 nitrogen and oxygen atoms in total. The van der Waals surface area contributed by atoms with Gasteiger partial charge in [0.1, 0.15) is 0 Å². The summed E-state index contributed by atoms with van der Waals surface area (Å²) >= 11 is 1.46. The van der Waals surface area contributed by atoms with Crippen molar-refractivity contribution in [1.29, 1.82) is 0 Å². The summed E-state index contributed by atoms with van der Waals surface area (Å²) < 4.78 is 7.46. The van der Waals surface area contributed by atoms with Crippen LogP contribution in [0.3, 0.4) is 0 Å². The Kier molecular flexibility index (Phi) is 5.42. The van der Waals surface area contributed by atoms with Crippen LogP contribution >= 0.6 is 11.8 Å². The molecule has 1 aliphatic heterocycles. The van der Waals surface area contributed by atoms with Gasteiger partial charge in [0.25, 0.3) is 0 Å². The Morgan fingerprint density at radius 2 is 2.13 bits per heavy atom. The molecule has 8 heteroatoms. The van der Waals surface area contributed by atoms with E-state index in [0.29, 0.717) is 11.7 Å². The molecule has 0 spiro atoms. The zero-order chi connectivity index (χ0) is 16.2. The number of ether oxygens (including phenoxy) is 1. The number of rotatable bonds is 7. The van der Waals surface area contributed by atoms with Gasteiger partial charge in [0.15, 0.2) is 5.16 Å². The van der Waals surface area contributed by atoms with Gasteiger partial charge in [-0.3, -0.25) is 9.36 Å². The smallest absolute Gasteiger partial charge is 0.230 e. The second kappa shape index (κ2) is 7.53. The average Bonchev–Trinajstić information content (AvgIpc) is 3.34. The van der Waals surface area contributed by atoms with E-state index in [9.17, 15) is 4.79 Å². The Morgan fingerprint density at radius 3 is 2.78 bits per heavy atom. The van der Waals surface area contributed by atoms with E-state index in [1.54, 1.807) is 0 Å². The van der Waals surface area contributed by atoms with Crippen molar-refractivity contribution in [3.05, 3.63) is 0 Å². The van der Waals surface area contributed by atoms with Crippen LogP contribution in [0, 0.1) is 5.92 Å². The molecule has 1 amide bonds. The molecule has 0 aromatic carbocycles. The third-order valence-corrected chi connectivity index (χ3v) is 5.32. The number of anilines is 1. The van der Waals surface area contributed by atoms with Crippen LogP contribution in [-0.4, -0.2) is 58.8 Å². The fourth-order valence-electron chi connectivity index (χ4n) is 2.80. The summed E-state index contributed by atoms with van der Waals surface area (Å²) in [4.78, 5) is 14.2. The summed E-state index contributed by atoms with van der Waals surface area (Å²) in [7, 11) is 0. The van der Waals surface area contributed by atoms with E-state index in [-0.39, 0.29) is 11.9 Å². The van der Waals surface area contributed by atoms with Gasteiger partial charge in [0, 0.05) is 25.7 Å². The molecule has 0 bridgehead atoms. The number of carbonyl (C=O) groups excluding carboxylic acids is 1. The fourth-order valence-corrected chi connectivity index (χ4v) is 3.61. The van der Waals surface area contributed by atoms with Crippen molar-refractivity contribution in [2.24, 2.45) is 5.92 Å². The average molecular weight is 339 g/mol. The molecule has 1 saturated heterocycles. The topological polar surface area (TPSA) is 72.3 Å². The van der Waals surface area contributed by atoms with E-state index < -0.39 is 0 Å². The molecule has 1 atom stereocenters. The third-order valence-electron chi connectivity index (χ3n) is 4.36. The number of nitrogens with one attached hydrogen (secondary N) is 1. The Balaban J connectivity index is 1.56. The van der Waals surface area contributed by atoms with Gasteiger partial charge < -0.3 is 15.0 Å². The first-order valence-electron chi connectivity index (χ1n) is 8.37. The van der Waals surface area contributed by atoms with Gasteiger partial charge in [0.05, 0.1) is 19.0 Å². The Morgan fingerprint density at radius 1 is 1.39 bits per heavy atom. The lowest BCUT2D eigenvalue weighted by molar-refractivity contribution is -0.119. The molecule has 2 heterocycles. The van der Waals surface area contributed by atoms with Crippen LogP contribution in [0.25, 0.3) is 0 Å². The summed E-state index contributed by atoms with van der Waals surface area (Å²) in [5, 5.41) is 12.5. The van der Waals surface area contributed by atoms with E-state index >= 15 is 0 Å². The lowest BCUT2D eigenvalue weighted by Gasteiger charge is -2.27. The highest BCUT2D eigenvalue weighted by atomic mass is 32.2. The minimum Gasteiger partial charge on any atom is -0.378 e. The first-order valence-corrected chi connectivity index (χ1v) is 9.35. The number of carbonyl (C=O) groups is 1. The van der Waals surface area contributed by atoms with Gasteiger partial charge in [-0.25, -0.2) is 0 Å². The van der Waals surface area contributed by atoms with Crippen molar-refractivity contribution in [3.63, 3.8) is 0 Å². The first kappa shape index (κ1) is 16.6. The second-order valence-corrected chi connectivity index (χ2v) is 7.05. The van der Waals surface area contributed by atoms with Crippen LogP contribution in [0.2, 0.25) is 0 Å². The number of amides is 1. The third kappa shape index (κ3) is 4.17. The zero-order valence-electron chi connectivity index (χ0n) is 13.8. The summed E-state index contributed by atoms with van der Waals surface area (Å²) in [5.74, 6) is 2.02. The maximum Gasteiger partial charge on any atom is 0.230 e. The SMILES string of the molecule is CCn1c(SCC(=O)NC(C)C2CC2)nnc1N1CCOCC1. The molecule has 1 aromatic heterocycles. The van der Waals surface area contributed by atoms with Crippen LogP contribution in [-0.2, 0) is 16.1 Å². The normalized spacial score (nSPS) is 19.7. The maximum absolute atomic E-state index is 12.1. The highest BCUT2D eigenvalue weighted by molar-refractivity contribution is 7.99. The Labute approximate surface area is 141 Å². The number of aromatic nitrogens is 3. The Hall–Kier alpha value is -1.28. The first-order chi connectivity index (χ1) is 11.2. The molecule has 2 fully saturated rings. The lowest BCUT2D eigenvalue weighted by atomic mass is 10.2. The minimum atomic E-state index is 0.0768. The molecule has 128 valence electrons. The number of nitrogens with zero attached hydrogens (tertiary/aromatic N) is 4. The van der Waals surface area contributed by atoms with Crippen LogP contribution in [0.5, 0.6) is 0 Å². The molecule has 23 heavy (non-hydrogen) atoms. The number of morpholine rings is 1. The fraction of sp³-hybridized carbons (Fsp3) is 0.800. The predicted octanol–water partition coefficient (Wildman–Crippen LogP) is 1.14. The monoisotopic (exact) mass is 339 g/mol. The largest absolute Gasteiger partial charge is 0.378 e. The van der Waals surface area contributed by atoms with Crippen molar-refractivity contribution in [2.45, 2.75) is 44.4 Å². The van der Waals surface area contributed by atoms with Gasteiger partial charge >= 0.3 is 0 Å². The van der Waals surface area contributed by atoms with Gasteiger partial charge in [0.2, 0.25) is 11.9 Å². The summed E-state index contributed by atoms with van der Waals surface area (Å²) in [6.45, 7) is 8.07. The van der Waals surface area contributed by atoms with Gasteiger partial charge in [-0.1, -0.05) is 11.8 Å². The molecular formula is C15H25N5O2S. The van der Waals surface area contributed by atoms with E-state index in [0.717, 1.165) is 44.0 Å². The zero-order valence-corrected chi connectivity index (χ0v) is 14.6. The highest BCUT2D eigenvalue weighted by Crippen LogP contribution is 2.32. The molecule has 1 N–H and O–H groups in total. The van der Waals surface area contributed by atoms with Crippen molar-refractivity contribution >= 4 is 23.6 Å². The van der Waals surface area contributed by atoms with E-state index in [1.165, 1.54) is 24.6 Å². The van der Waals surface area contributed by atoms with Crippen LogP contribution in [0.15, 0.2) is 5.16 Å². The maximum atomic E-state index is 12.1. The lowest BCUT2D eigenvalue weighted by Crippen LogP contribution is -2.38. The number of thioether (sulfide) groups is 1. The quantitative estimate of drug-likeness (QED) is 0.751. The minimum absolute atomic E-state index is 0.0768. The van der Waals surface area contributed by atoms with E-state index in [2.05, 4.69) is 38.8 Å². The molecule has 1 aliphatic carbocycles. The van der Waals surface area contributed by atoms with Gasteiger partial charge in [-0.05, 0) is 32.6 Å². The van der Waals surface area contributed by atoms with Gasteiger partial charge in [-0.2, -0.15) is 0 Å². The van der Waals surface area contributed by atoms with Crippen molar-refractivity contribution in [1.82, 2.24) is 20.1 Å². The molecule has 0 radical (unpaired) electrons. The molecule has 1 saturated carbocycles. The van der Waals surface area contributed by atoms with Gasteiger partial charge in [-0.15, -0.1) is 10.2 Å². The van der Waals surface area contributed by atoms with Crippen LogP contribution in [0.1, 0.15) is 26.7 Å². The predicted molar refractivity (Wildman–Crippen MR) is 89.8 cm³/mol. The van der Waals surface area contributed by atoms with Crippen molar-refractivity contribution in [3.8, 4) is 0 Å². The van der Waals surface area contributed by atoms with E-state index in [1.807, 2.05) is 0 Å². The highest BCUT2D eigenvalue weighted by Gasteiger charge is 2.29. The molecule has 3 rings (SSSR count). The standard InChI is InChI=1S/C15H25N5O2S/c1-3-20-14(19-6-8-22-9-7-19)17-18-15(20)23-10-13(21)16-11(2)12-4-5-12/h11-12H,3-10H2,1-2H3,(H,16,21). The number of hydrogen-bond donors (Lipinski definition) is 1. The summed E-state index contributed by atoms with van der Waals surface area (Å²) in [6, 6.07) is 0.288. The van der Waals surface area contributed by atoms with Crippen LogP contribution < -0.4 is 10.2 Å². The molecule has 1 unspecified atom stereocenters. The molecule has 1 aromatic rings. The number of hydrogen-bond acceptors (Lipinski definition) is 6. The summed E-state index contributed by atoms with van der Waals surface area (Å²) in [5.41, 5.74) is 0. The molecular weight excluding hydrogens is 314 g/mol.